The monoisotopic (exact) mass is 484 g/mol. The predicted octanol–water partition coefficient (Wildman–Crippen LogP) is 5.17. The molecule has 3 aromatic carbocycles. The van der Waals surface area contributed by atoms with Crippen molar-refractivity contribution in [2.24, 2.45) is 0 Å². The number of hydrogen-bond donors (Lipinski definition) is 1. The first kappa shape index (κ1) is 22.8. The molecule has 1 saturated carbocycles. The Kier molecular flexibility index (Phi) is 5.81. The average molecular weight is 485 g/mol. The number of aliphatic hydroxyl groups excluding tert-OH is 1. The highest BCUT2D eigenvalue weighted by Crippen LogP contribution is 2.37. The van der Waals surface area contributed by atoms with Gasteiger partial charge in [-0.2, -0.15) is 0 Å². The Hall–Kier alpha value is -2.97. The normalized spacial score (nSPS) is 15.5. The molecule has 0 saturated heterocycles. The smallest absolute Gasteiger partial charge is 0.232 e. The van der Waals surface area contributed by atoms with Crippen LogP contribution in [0.1, 0.15) is 30.7 Å². The molecule has 8 heteroatoms. The van der Waals surface area contributed by atoms with E-state index in [1.54, 1.807) is 28.8 Å². The number of nitrogens with zero attached hydrogens (tertiary/aromatic N) is 2. The Morgan fingerprint density at radius 3 is 2.00 bits per heavy atom. The van der Waals surface area contributed by atoms with E-state index in [9.17, 15) is 22.3 Å². The van der Waals surface area contributed by atoms with E-state index in [4.69, 9.17) is 0 Å². The van der Waals surface area contributed by atoms with Crippen molar-refractivity contribution in [2.45, 2.75) is 37.8 Å². The Morgan fingerprint density at radius 2 is 1.53 bits per heavy atom. The number of aromatic nitrogens is 1. The average Bonchev–Trinajstić information content (AvgIpc) is 3.03. The van der Waals surface area contributed by atoms with Crippen LogP contribution in [0.5, 0.6) is 0 Å². The molecule has 178 valence electrons. The van der Waals surface area contributed by atoms with Gasteiger partial charge in [0.2, 0.25) is 10.0 Å². The van der Waals surface area contributed by atoms with Gasteiger partial charge < -0.3 is 9.67 Å². The van der Waals surface area contributed by atoms with Crippen LogP contribution < -0.4 is 4.31 Å². The number of fused-ring (bicyclic) bond motifs is 3. The van der Waals surface area contributed by atoms with Crippen LogP contribution in [0, 0.1) is 11.6 Å². The standard InChI is InChI=1S/C26H26F2N2O3S/c1-34(32,33)30(21-9-5-18(6-10-21)17-3-2-4-17)16-22(31)15-29-25-11-7-19(27)13-23(25)24-14-20(28)8-12-26(24)29/h5-14,17,22,31H,2-4,15-16H2,1H3. The lowest BCUT2D eigenvalue weighted by atomic mass is 9.80. The second-order valence-electron chi connectivity index (χ2n) is 9.10. The Morgan fingerprint density at radius 1 is 0.971 bits per heavy atom. The first-order valence-electron chi connectivity index (χ1n) is 11.3. The number of anilines is 1. The second kappa shape index (κ2) is 8.67. The van der Waals surface area contributed by atoms with Gasteiger partial charge in [0.15, 0.2) is 0 Å². The van der Waals surface area contributed by atoms with Crippen LogP contribution in [-0.4, -0.2) is 37.0 Å². The lowest BCUT2D eigenvalue weighted by Crippen LogP contribution is -2.38. The maximum atomic E-state index is 13.9. The van der Waals surface area contributed by atoms with Crippen molar-refractivity contribution < 1.29 is 22.3 Å². The zero-order chi connectivity index (χ0) is 24.0. The summed E-state index contributed by atoms with van der Waals surface area (Å²) in [7, 11) is -3.65. The van der Waals surface area contributed by atoms with E-state index in [0.29, 0.717) is 33.4 Å². The molecule has 1 fully saturated rings. The van der Waals surface area contributed by atoms with E-state index in [-0.39, 0.29) is 13.1 Å². The van der Waals surface area contributed by atoms with Crippen molar-refractivity contribution in [3.63, 3.8) is 0 Å². The Bertz CT molecular complexity index is 1400. The van der Waals surface area contributed by atoms with Gasteiger partial charge in [-0.25, -0.2) is 17.2 Å². The quantitative estimate of drug-likeness (QED) is 0.394. The van der Waals surface area contributed by atoms with Gasteiger partial charge in [-0.05, 0) is 72.9 Å². The van der Waals surface area contributed by atoms with Crippen LogP contribution in [0.15, 0.2) is 60.7 Å². The molecule has 0 amide bonds. The number of rotatable bonds is 7. The fourth-order valence-corrected chi connectivity index (χ4v) is 5.74. The summed E-state index contributed by atoms with van der Waals surface area (Å²) in [5.41, 5.74) is 2.97. The summed E-state index contributed by atoms with van der Waals surface area (Å²) in [6, 6.07) is 16.0. The van der Waals surface area contributed by atoms with E-state index in [1.807, 2.05) is 12.1 Å². The minimum atomic E-state index is -3.65. The van der Waals surface area contributed by atoms with Crippen LogP contribution in [0.3, 0.4) is 0 Å². The highest BCUT2D eigenvalue weighted by Gasteiger charge is 2.24. The zero-order valence-corrected chi connectivity index (χ0v) is 19.6. The maximum absolute atomic E-state index is 13.9. The molecule has 1 aromatic heterocycles. The van der Waals surface area contributed by atoms with Crippen LogP contribution in [0.2, 0.25) is 0 Å². The van der Waals surface area contributed by atoms with Crippen LogP contribution >= 0.6 is 0 Å². The number of halogens is 2. The number of hydrogen-bond acceptors (Lipinski definition) is 3. The van der Waals surface area contributed by atoms with Crippen molar-refractivity contribution in [3.8, 4) is 0 Å². The molecular formula is C26H26F2N2O3S. The maximum Gasteiger partial charge on any atom is 0.232 e. The molecule has 0 spiro atoms. The van der Waals surface area contributed by atoms with Crippen LogP contribution in [0.25, 0.3) is 21.8 Å². The minimum absolute atomic E-state index is 0.0590. The molecule has 0 bridgehead atoms. The van der Waals surface area contributed by atoms with E-state index < -0.39 is 27.8 Å². The number of sulfonamides is 1. The highest BCUT2D eigenvalue weighted by atomic mass is 32.2. The third kappa shape index (κ3) is 4.28. The molecule has 1 atom stereocenters. The highest BCUT2D eigenvalue weighted by molar-refractivity contribution is 7.92. The summed E-state index contributed by atoms with van der Waals surface area (Å²) < 4.78 is 55.9. The molecule has 0 radical (unpaired) electrons. The predicted molar refractivity (Wildman–Crippen MR) is 131 cm³/mol. The molecule has 5 rings (SSSR count). The lowest BCUT2D eigenvalue weighted by molar-refractivity contribution is 0.166. The first-order chi connectivity index (χ1) is 16.2. The molecule has 1 N–H and O–H groups in total. The second-order valence-corrected chi connectivity index (χ2v) is 11.0. The summed E-state index contributed by atoms with van der Waals surface area (Å²) in [6.45, 7) is -0.0887. The minimum Gasteiger partial charge on any atom is -0.389 e. The van der Waals surface area contributed by atoms with Crippen molar-refractivity contribution >= 4 is 37.5 Å². The molecular weight excluding hydrogens is 458 g/mol. The largest absolute Gasteiger partial charge is 0.389 e. The first-order valence-corrected chi connectivity index (χ1v) is 13.2. The van der Waals surface area contributed by atoms with Gasteiger partial charge in [0.05, 0.1) is 31.1 Å². The van der Waals surface area contributed by atoms with Crippen LogP contribution in [0.4, 0.5) is 14.5 Å². The third-order valence-electron chi connectivity index (χ3n) is 6.72. The van der Waals surface area contributed by atoms with E-state index in [0.717, 1.165) is 19.1 Å². The zero-order valence-electron chi connectivity index (χ0n) is 18.8. The Balaban J connectivity index is 1.45. The van der Waals surface area contributed by atoms with Gasteiger partial charge in [0.25, 0.3) is 0 Å². The fourth-order valence-electron chi connectivity index (χ4n) is 4.79. The van der Waals surface area contributed by atoms with E-state index >= 15 is 0 Å². The summed E-state index contributed by atoms with van der Waals surface area (Å²) in [4.78, 5) is 0. The summed E-state index contributed by atoms with van der Waals surface area (Å²) in [6.07, 6.45) is 3.58. The molecule has 1 heterocycles. The van der Waals surface area contributed by atoms with Gasteiger partial charge >= 0.3 is 0 Å². The number of benzene rings is 3. The van der Waals surface area contributed by atoms with Gasteiger partial charge in [-0.15, -0.1) is 0 Å². The SMILES string of the molecule is CS(=O)(=O)N(CC(O)Cn1c2ccc(F)cc2c2cc(F)ccc21)c1ccc(C2CCC2)cc1. The van der Waals surface area contributed by atoms with Gasteiger partial charge in [0.1, 0.15) is 11.6 Å². The van der Waals surface area contributed by atoms with Crippen molar-refractivity contribution in [1.29, 1.82) is 0 Å². The number of aliphatic hydroxyl groups is 1. The molecule has 5 nitrogen and oxygen atoms in total. The molecule has 1 aliphatic rings. The van der Waals surface area contributed by atoms with Gasteiger partial charge in [0, 0.05) is 21.8 Å². The molecule has 4 aromatic rings. The fraction of sp³-hybridized carbons (Fsp3) is 0.308. The molecule has 34 heavy (non-hydrogen) atoms. The van der Waals surface area contributed by atoms with E-state index in [2.05, 4.69) is 0 Å². The summed E-state index contributed by atoms with van der Waals surface area (Å²) in [5.74, 6) is -0.341. The van der Waals surface area contributed by atoms with E-state index in [1.165, 1.54) is 40.6 Å². The van der Waals surface area contributed by atoms with Crippen LogP contribution in [-0.2, 0) is 16.6 Å². The topological polar surface area (TPSA) is 62.5 Å². The van der Waals surface area contributed by atoms with Gasteiger partial charge in [-0.1, -0.05) is 18.6 Å². The Labute approximate surface area is 197 Å². The summed E-state index contributed by atoms with van der Waals surface area (Å²) in [5, 5.41) is 12.0. The summed E-state index contributed by atoms with van der Waals surface area (Å²) >= 11 is 0. The van der Waals surface area contributed by atoms with Gasteiger partial charge in [-0.3, -0.25) is 4.31 Å². The molecule has 0 aliphatic heterocycles. The molecule has 1 unspecified atom stereocenters. The van der Waals surface area contributed by atoms with Crippen molar-refractivity contribution in [2.75, 3.05) is 17.1 Å². The van der Waals surface area contributed by atoms with Crippen molar-refractivity contribution in [1.82, 2.24) is 4.57 Å². The van der Waals surface area contributed by atoms with Crippen molar-refractivity contribution in [3.05, 3.63) is 77.9 Å². The third-order valence-corrected chi connectivity index (χ3v) is 7.88. The lowest BCUT2D eigenvalue weighted by Gasteiger charge is -2.28. The molecule has 1 aliphatic carbocycles.